The summed E-state index contributed by atoms with van der Waals surface area (Å²) in [4.78, 5) is 28.8. The van der Waals surface area contributed by atoms with Crippen molar-refractivity contribution in [3.8, 4) is 0 Å². The number of ether oxygens (including phenoxy) is 1. The highest BCUT2D eigenvalue weighted by atomic mass is 79.9. The van der Waals surface area contributed by atoms with Crippen molar-refractivity contribution >= 4 is 37.8 Å². The van der Waals surface area contributed by atoms with Crippen LogP contribution in [0.5, 0.6) is 0 Å². The number of carbonyl (C=O) groups is 2. The number of halogens is 2. The van der Waals surface area contributed by atoms with Crippen molar-refractivity contribution < 1.29 is 27.1 Å². The van der Waals surface area contributed by atoms with E-state index in [1.165, 1.54) is 11.0 Å². The fraction of sp³-hybridized carbons (Fsp3) is 0.533. The quantitative estimate of drug-likeness (QED) is 0.320. The Bertz CT molecular complexity index is 1350. The van der Waals surface area contributed by atoms with Gasteiger partial charge in [-0.3, -0.25) is 9.59 Å². The van der Waals surface area contributed by atoms with E-state index in [0.29, 0.717) is 28.8 Å². The standard InChI is InChI=1S/C30H40BrFN4O5S/c1-20-4-3-5-22(14-20)17-34-29(37)28-16-25(41-19-23-7-8-24(31)15-26(23)32)18-36(28)30(38)27(35-42(2,39)40)9-6-21-10-12-33-13-11-21/h3-5,7-8,14-15,21,25,27-28,33,35H,6,9-13,16-19H2,1-2H3,(H,34,37)/t25-,27-,28?/m1/s1. The summed E-state index contributed by atoms with van der Waals surface area (Å²) in [5.41, 5.74) is 2.36. The smallest absolute Gasteiger partial charge is 0.243 e. The monoisotopic (exact) mass is 666 g/mol. The molecule has 2 aliphatic rings. The summed E-state index contributed by atoms with van der Waals surface area (Å²) in [7, 11) is -3.69. The van der Waals surface area contributed by atoms with Gasteiger partial charge in [-0.1, -0.05) is 51.8 Å². The van der Waals surface area contributed by atoms with E-state index in [1.54, 1.807) is 12.1 Å². The molecule has 230 valence electrons. The molecular formula is C30H40BrFN4O5S. The number of aryl methyl sites for hydroxylation is 1. The van der Waals surface area contributed by atoms with E-state index >= 15 is 0 Å². The zero-order valence-electron chi connectivity index (χ0n) is 24.1. The van der Waals surface area contributed by atoms with Crippen LogP contribution < -0.4 is 15.4 Å². The molecule has 2 aliphatic heterocycles. The Morgan fingerprint density at radius 3 is 2.64 bits per heavy atom. The van der Waals surface area contributed by atoms with Gasteiger partial charge in [0.05, 0.1) is 19.0 Å². The summed E-state index contributed by atoms with van der Waals surface area (Å²) in [6.45, 7) is 4.12. The number of piperidine rings is 1. The second-order valence-corrected chi connectivity index (χ2v) is 14.0. The van der Waals surface area contributed by atoms with Crippen molar-refractivity contribution in [2.45, 2.75) is 70.4 Å². The van der Waals surface area contributed by atoms with Gasteiger partial charge >= 0.3 is 0 Å². The average molecular weight is 668 g/mol. The molecule has 0 spiro atoms. The minimum atomic E-state index is -3.69. The molecule has 0 radical (unpaired) electrons. The fourth-order valence-electron chi connectivity index (χ4n) is 5.65. The number of amides is 2. The minimum Gasteiger partial charge on any atom is -0.371 e. The maximum Gasteiger partial charge on any atom is 0.243 e. The van der Waals surface area contributed by atoms with E-state index in [9.17, 15) is 22.4 Å². The van der Waals surface area contributed by atoms with Crippen LogP contribution >= 0.6 is 15.9 Å². The lowest BCUT2D eigenvalue weighted by atomic mass is 9.91. The van der Waals surface area contributed by atoms with Crippen LogP contribution in [0.3, 0.4) is 0 Å². The molecule has 3 N–H and O–H groups in total. The van der Waals surface area contributed by atoms with Crippen LogP contribution in [0, 0.1) is 18.7 Å². The van der Waals surface area contributed by atoms with Gasteiger partial charge in [0.2, 0.25) is 21.8 Å². The van der Waals surface area contributed by atoms with Crippen LogP contribution in [0.1, 0.15) is 48.8 Å². The van der Waals surface area contributed by atoms with E-state index < -0.39 is 39.9 Å². The molecule has 2 amide bonds. The normalized spacial score (nSPS) is 20.4. The predicted molar refractivity (Wildman–Crippen MR) is 162 cm³/mol. The van der Waals surface area contributed by atoms with Crippen molar-refractivity contribution in [1.82, 2.24) is 20.3 Å². The molecule has 0 aliphatic carbocycles. The van der Waals surface area contributed by atoms with E-state index in [1.807, 2.05) is 31.2 Å². The maximum absolute atomic E-state index is 14.4. The molecule has 2 fully saturated rings. The molecule has 2 aromatic carbocycles. The molecule has 2 saturated heterocycles. The van der Waals surface area contributed by atoms with E-state index in [0.717, 1.165) is 43.3 Å². The third-order valence-electron chi connectivity index (χ3n) is 7.86. The number of nitrogens with zero attached hydrogens (tertiary/aromatic N) is 1. The van der Waals surface area contributed by atoms with Gasteiger partial charge in [-0.25, -0.2) is 17.5 Å². The molecule has 0 bridgehead atoms. The Balaban J connectivity index is 1.50. The van der Waals surface area contributed by atoms with E-state index in [-0.39, 0.29) is 32.0 Å². The van der Waals surface area contributed by atoms with Crippen LogP contribution in [-0.4, -0.2) is 69.2 Å². The number of hydrogen-bond donors (Lipinski definition) is 3. The van der Waals surface area contributed by atoms with Crippen molar-refractivity contribution in [1.29, 1.82) is 0 Å². The molecule has 0 saturated carbocycles. The number of rotatable bonds is 12. The minimum absolute atomic E-state index is 0.0236. The van der Waals surface area contributed by atoms with Gasteiger partial charge in [0.15, 0.2) is 0 Å². The van der Waals surface area contributed by atoms with Gasteiger partial charge in [-0.05, 0) is 69.3 Å². The highest BCUT2D eigenvalue weighted by Gasteiger charge is 2.42. The third kappa shape index (κ3) is 9.57. The number of likely N-dealkylation sites (tertiary alicyclic amines) is 1. The molecule has 12 heteroatoms. The summed E-state index contributed by atoms with van der Waals surface area (Å²) in [5.74, 6) is -0.821. The average Bonchev–Trinajstić information content (AvgIpc) is 3.37. The highest BCUT2D eigenvalue weighted by Crippen LogP contribution is 2.26. The summed E-state index contributed by atoms with van der Waals surface area (Å²) in [6.07, 6.45) is 3.68. The van der Waals surface area contributed by atoms with Crippen molar-refractivity contribution in [2.24, 2.45) is 5.92 Å². The zero-order chi connectivity index (χ0) is 30.3. The molecule has 42 heavy (non-hydrogen) atoms. The first-order chi connectivity index (χ1) is 20.0. The topological polar surface area (TPSA) is 117 Å². The predicted octanol–water partition coefficient (Wildman–Crippen LogP) is 3.40. The largest absolute Gasteiger partial charge is 0.371 e. The molecule has 4 rings (SSSR count). The summed E-state index contributed by atoms with van der Waals surface area (Å²) < 4.78 is 48.1. The van der Waals surface area contributed by atoms with Gasteiger partial charge < -0.3 is 20.3 Å². The molecule has 3 atom stereocenters. The van der Waals surface area contributed by atoms with Crippen LogP contribution in [0.2, 0.25) is 0 Å². The maximum atomic E-state index is 14.4. The van der Waals surface area contributed by atoms with Gasteiger partial charge in [0.1, 0.15) is 17.9 Å². The van der Waals surface area contributed by atoms with E-state index in [2.05, 4.69) is 31.3 Å². The Morgan fingerprint density at radius 2 is 1.95 bits per heavy atom. The first kappa shape index (κ1) is 32.5. The molecular weight excluding hydrogens is 627 g/mol. The Labute approximate surface area is 256 Å². The first-order valence-electron chi connectivity index (χ1n) is 14.4. The van der Waals surface area contributed by atoms with Crippen LogP contribution in [0.15, 0.2) is 46.9 Å². The summed E-state index contributed by atoms with van der Waals surface area (Å²) >= 11 is 3.25. The zero-order valence-corrected chi connectivity index (χ0v) is 26.5. The van der Waals surface area contributed by atoms with Crippen LogP contribution in [-0.2, 0) is 37.5 Å². The van der Waals surface area contributed by atoms with E-state index in [4.69, 9.17) is 4.74 Å². The SMILES string of the molecule is Cc1cccc(CNC(=O)C2C[C@@H](OCc3ccc(Br)cc3F)CN2C(=O)[C@@H](CCC2CCNCC2)NS(C)(=O)=O)c1. The van der Waals surface area contributed by atoms with Crippen LogP contribution in [0.25, 0.3) is 0 Å². The van der Waals surface area contributed by atoms with Crippen molar-refractivity contribution in [2.75, 3.05) is 25.9 Å². The lowest BCUT2D eigenvalue weighted by molar-refractivity contribution is -0.140. The molecule has 1 unspecified atom stereocenters. The van der Waals surface area contributed by atoms with Crippen molar-refractivity contribution in [3.63, 3.8) is 0 Å². The molecule has 9 nitrogen and oxygen atoms in total. The molecule has 0 aromatic heterocycles. The fourth-order valence-corrected chi connectivity index (χ4v) is 6.72. The number of hydrogen-bond acceptors (Lipinski definition) is 6. The third-order valence-corrected chi connectivity index (χ3v) is 9.07. The van der Waals surface area contributed by atoms with Crippen LogP contribution in [0.4, 0.5) is 4.39 Å². The number of benzene rings is 2. The highest BCUT2D eigenvalue weighted by molar-refractivity contribution is 9.10. The number of nitrogens with one attached hydrogen (secondary N) is 3. The first-order valence-corrected chi connectivity index (χ1v) is 17.0. The van der Waals surface area contributed by atoms with Gasteiger partial charge in [0, 0.05) is 29.5 Å². The lowest BCUT2D eigenvalue weighted by Gasteiger charge is -2.30. The lowest BCUT2D eigenvalue weighted by Crippen LogP contribution is -2.53. The second-order valence-electron chi connectivity index (χ2n) is 11.3. The Kier molecular flexibility index (Phi) is 11.5. The number of sulfonamides is 1. The number of carbonyl (C=O) groups excluding carboxylic acids is 2. The molecule has 2 aromatic rings. The van der Waals surface area contributed by atoms with Gasteiger partial charge in [-0.2, -0.15) is 0 Å². The van der Waals surface area contributed by atoms with Gasteiger partial charge in [0.25, 0.3) is 0 Å². The Morgan fingerprint density at radius 1 is 1.19 bits per heavy atom. The second kappa shape index (κ2) is 14.9. The van der Waals surface area contributed by atoms with Gasteiger partial charge in [-0.15, -0.1) is 0 Å². The molecule has 2 heterocycles. The summed E-state index contributed by atoms with van der Waals surface area (Å²) in [6, 6.07) is 10.6. The van der Waals surface area contributed by atoms with Crippen molar-refractivity contribution in [3.05, 3.63) is 69.4 Å². The summed E-state index contributed by atoms with van der Waals surface area (Å²) in [5, 5.41) is 6.25. The Hall–Kier alpha value is -2.38.